The second kappa shape index (κ2) is 9.50. The van der Waals surface area contributed by atoms with Crippen LogP contribution in [0.5, 0.6) is 0 Å². The molecule has 0 spiro atoms. The van der Waals surface area contributed by atoms with Crippen LogP contribution in [-0.2, 0) is 9.59 Å². The van der Waals surface area contributed by atoms with E-state index in [1.807, 2.05) is 25.2 Å². The van der Waals surface area contributed by atoms with Crippen molar-refractivity contribution >= 4 is 11.8 Å². The Balaban J connectivity index is 2.39. The SMILES string of the molecule is CCC(O)/C=C/C1CCC(=O)C1C/C=C/CCCC(=O)O. The first kappa shape index (κ1) is 17.6. The largest absolute Gasteiger partial charge is 0.481 e. The van der Waals surface area contributed by atoms with E-state index in [-0.39, 0.29) is 18.3 Å². The maximum absolute atomic E-state index is 11.9. The molecule has 1 saturated carbocycles. The lowest BCUT2D eigenvalue weighted by Gasteiger charge is -2.13. The van der Waals surface area contributed by atoms with Crippen LogP contribution in [0.1, 0.15) is 51.9 Å². The molecule has 0 aliphatic heterocycles. The summed E-state index contributed by atoms with van der Waals surface area (Å²) in [4.78, 5) is 22.3. The molecule has 3 atom stereocenters. The Morgan fingerprint density at radius 3 is 2.86 bits per heavy atom. The summed E-state index contributed by atoms with van der Waals surface area (Å²) >= 11 is 0. The van der Waals surface area contributed by atoms with Gasteiger partial charge in [-0.05, 0) is 38.0 Å². The molecule has 1 aliphatic rings. The summed E-state index contributed by atoms with van der Waals surface area (Å²) in [6, 6.07) is 0. The van der Waals surface area contributed by atoms with Gasteiger partial charge in [0.25, 0.3) is 0 Å². The molecule has 0 aromatic rings. The molecule has 4 nitrogen and oxygen atoms in total. The normalized spacial score (nSPS) is 24.2. The Morgan fingerprint density at radius 1 is 1.43 bits per heavy atom. The molecule has 0 amide bonds. The number of carbonyl (C=O) groups is 2. The Morgan fingerprint density at radius 2 is 2.19 bits per heavy atom. The number of carboxylic acids is 1. The van der Waals surface area contributed by atoms with E-state index in [1.54, 1.807) is 6.08 Å². The van der Waals surface area contributed by atoms with Gasteiger partial charge in [-0.15, -0.1) is 0 Å². The van der Waals surface area contributed by atoms with Crippen LogP contribution in [-0.4, -0.2) is 28.1 Å². The van der Waals surface area contributed by atoms with Crippen LogP contribution in [0.4, 0.5) is 0 Å². The van der Waals surface area contributed by atoms with Crippen molar-refractivity contribution in [3.63, 3.8) is 0 Å². The summed E-state index contributed by atoms with van der Waals surface area (Å²) in [5.74, 6) is -0.233. The van der Waals surface area contributed by atoms with E-state index in [4.69, 9.17) is 5.11 Å². The number of unbranched alkanes of at least 4 members (excludes halogenated alkanes) is 1. The van der Waals surface area contributed by atoms with Gasteiger partial charge >= 0.3 is 5.97 Å². The van der Waals surface area contributed by atoms with E-state index in [0.29, 0.717) is 31.5 Å². The van der Waals surface area contributed by atoms with Crippen molar-refractivity contribution in [2.45, 2.75) is 58.0 Å². The van der Waals surface area contributed by atoms with Gasteiger partial charge in [0.2, 0.25) is 0 Å². The van der Waals surface area contributed by atoms with Gasteiger partial charge in [-0.25, -0.2) is 0 Å². The molecule has 0 saturated heterocycles. The molecular formula is C17H26O4. The average molecular weight is 294 g/mol. The molecule has 1 rings (SSSR count). The standard InChI is InChI=1S/C17H26O4/c1-2-14(18)11-9-13-10-12-16(19)15(13)7-5-3-4-6-8-17(20)21/h3,5,9,11,13-15,18H,2,4,6-8,10,12H2,1H3,(H,20,21)/b5-3+,11-9+. The highest BCUT2D eigenvalue weighted by molar-refractivity contribution is 5.83. The zero-order chi connectivity index (χ0) is 15.7. The molecule has 118 valence electrons. The molecule has 3 unspecified atom stereocenters. The smallest absolute Gasteiger partial charge is 0.303 e. The minimum atomic E-state index is -0.769. The number of aliphatic carboxylic acids is 1. The van der Waals surface area contributed by atoms with E-state index in [0.717, 1.165) is 12.8 Å². The molecule has 21 heavy (non-hydrogen) atoms. The van der Waals surface area contributed by atoms with E-state index < -0.39 is 12.1 Å². The average Bonchev–Trinajstić information content (AvgIpc) is 2.80. The molecule has 0 heterocycles. The van der Waals surface area contributed by atoms with E-state index in [9.17, 15) is 14.7 Å². The molecule has 1 aliphatic carbocycles. The zero-order valence-corrected chi connectivity index (χ0v) is 12.7. The van der Waals surface area contributed by atoms with Gasteiger partial charge in [-0.1, -0.05) is 31.2 Å². The van der Waals surface area contributed by atoms with Crippen molar-refractivity contribution < 1.29 is 19.8 Å². The van der Waals surface area contributed by atoms with Crippen LogP contribution in [0.15, 0.2) is 24.3 Å². The molecule has 2 N–H and O–H groups in total. The van der Waals surface area contributed by atoms with Gasteiger partial charge in [-0.3, -0.25) is 9.59 Å². The third kappa shape index (κ3) is 6.71. The summed E-state index contributed by atoms with van der Waals surface area (Å²) in [7, 11) is 0. The Kier molecular flexibility index (Phi) is 7.98. The van der Waals surface area contributed by atoms with Crippen molar-refractivity contribution in [1.29, 1.82) is 0 Å². The first-order valence-corrected chi connectivity index (χ1v) is 7.80. The van der Waals surface area contributed by atoms with E-state index >= 15 is 0 Å². The number of allylic oxidation sites excluding steroid dienone is 3. The lowest BCUT2D eigenvalue weighted by Crippen LogP contribution is -2.13. The fraction of sp³-hybridized carbons (Fsp3) is 0.647. The first-order valence-electron chi connectivity index (χ1n) is 7.80. The minimum Gasteiger partial charge on any atom is -0.481 e. The van der Waals surface area contributed by atoms with Crippen LogP contribution in [0, 0.1) is 11.8 Å². The molecule has 0 aromatic carbocycles. The second-order valence-electron chi connectivity index (χ2n) is 5.63. The van der Waals surface area contributed by atoms with Crippen LogP contribution < -0.4 is 0 Å². The number of hydrogen-bond donors (Lipinski definition) is 2. The van der Waals surface area contributed by atoms with Crippen LogP contribution in [0.3, 0.4) is 0 Å². The maximum Gasteiger partial charge on any atom is 0.303 e. The van der Waals surface area contributed by atoms with Gasteiger partial charge in [-0.2, -0.15) is 0 Å². The highest BCUT2D eigenvalue weighted by Crippen LogP contribution is 2.32. The third-order valence-electron chi connectivity index (χ3n) is 3.97. The quantitative estimate of drug-likeness (QED) is 0.506. The predicted molar refractivity (Wildman–Crippen MR) is 81.9 cm³/mol. The van der Waals surface area contributed by atoms with Crippen molar-refractivity contribution in [3.8, 4) is 0 Å². The summed E-state index contributed by atoms with van der Waals surface area (Å²) in [5.41, 5.74) is 0. The number of rotatable bonds is 9. The predicted octanol–water partition coefficient (Wildman–Crippen LogP) is 3.11. The zero-order valence-electron chi connectivity index (χ0n) is 12.7. The van der Waals surface area contributed by atoms with Crippen LogP contribution in [0.25, 0.3) is 0 Å². The summed E-state index contributed by atoms with van der Waals surface area (Å²) in [5, 5.41) is 18.1. The fourth-order valence-electron chi connectivity index (χ4n) is 2.61. The monoisotopic (exact) mass is 294 g/mol. The first-order chi connectivity index (χ1) is 10.0. The van der Waals surface area contributed by atoms with Crippen molar-refractivity contribution in [3.05, 3.63) is 24.3 Å². The Bertz CT molecular complexity index is 398. The number of carboxylic acid groups (broad SMARTS) is 1. The third-order valence-corrected chi connectivity index (χ3v) is 3.97. The van der Waals surface area contributed by atoms with Gasteiger partial charge in [0.05, 0.1) is 6.10 Å². The van der Waals surface area contributed by atoms with Gasteiger partial charge in [0.1, 0.15) is 5.78 Å². The number of ketones is 1. The molecular weight excluding hydrogens is 268 g/mol. The lowest BCUT2D eigenvalue weighted by molar-refractivity contribution is -0.137. The number of carbonyl (C=O) groups excluding carboxylic acids is 1. The minimum absolute atomic E-state index is 0.0148. The molecule has 0 aromatic heterocycles. The molecule has 0 bridgehead atoms. The molecule has 0 radical (unpaired) electrons. The maximum atomic E-state index is 11.9. The highest BCUT2D eigenvalue weighted by atomic mass is 16.4. The van der Waals surface area contributed by atoms with Crippen molar-refractivity contribution in [2.24, 2.45) is 11.8 Å². The Labute approximate surface area is 126 Å². The topological polar surface area (TPSA) is 74.6 Å². The van der Waals surface area contributed by atoms with Gasteiger partial charge in [0.15, 0.2) is 0 Å². The van der Waals surface area contributed by atoms with Crippen molar-refractivity contribution in [1.82, 2.24) is 0 Å². The molecule has 1 fully saturated rings. The van der Waals surface area contributed by atoms with Gasteiger partial charge < -0.3 is 10.2 Å². The number of aliphatic hydroxyl groups is 1. The van der Waals surface area contributed by atoms with E-state index in [1.165, 1.54) is 0 Å². The fourth-order valence-corrected chi connectivity index (χ4v) is 2.61. The van der Waals surface area contributed by atoms with Crippen LogP contribution >= 0.6 is 0 Å². The van der Waals surface area contributed by atoms with E-state index in [2.05, 4.69) is 0 Å². The number of Topliss-reactive ketones (excluding diaryl/α,β-unsaturated/α-hetero) is 1. The highest BCUT2D eigenvalue weighted by Gasteiger charge is 2.31. The lowest BCUT2D eigenvalue weighted by atomic mass is 9.91. The van der Waals surface area contributed by atoms with Gasteiger partial charge in [0, 0.05) is 18.8 Å². The summed E-state index contributed by atoms with van der Waals surface area (Å²) in [6.45, 7) is 1.92. The molecule has 4 heteroatoms. The number of hydrogen-bond acceptors (Lipinski definition) is 3. The Hall–Kier alpha value is -1.42. The summed E-state index contributed by atoms with van der Waals surface area (Å²) in [6.07, 6.45) is 11.8. The second-order valence-corrected chi connectivity index (χ2v) is 5.63. The van der Waals surface area contributed by atoms with Crippen molar-refractivity contribution in [2.75, 3.05) is 0 Å². The number of aliphatic hydroxyl groups excluding tert-OH is 1. The van der Waals surface area contributed by atoms with Crippen LogP contribution in [0.2, 0.25) is 0 Å². The summed E-state index contributed by atoms with van der Waals surface area (Å²) < 4.78 is 0.